The summed E-state index contributed by atoms with van der Waals surface area (Å²) in [5, 5.41) is 9.14. The Morgan fingerprint density at radius 1 is 1.13 bits per heavy atom. The molecular weight excluding hydrogens is 414 g/mol. The summed E-state index contributed by atoms with van der Waals surface area (Å²) in [5.41, 5.74) is 1.41. The van der Waals surface area contributed by atoms with E-state index in [2.05, 4.69) is 15.4 Å². The van der Waals surface area contributed by atoms with Crippen LogP contribution in [0.1, 0.15) is 28.9 Å². The normalized spacial score (nSPS) is 16.9. The Morgan fingerprint density at radius 2 is 1.97 bits per heavy atom. The summed E-state index contributed by atoms with van der Waals surface area (Å²) in [5.74, 6) is 1.95. The van der Waals surface area contributed by atoms with Gasteiger partial charge in [-0.3, -0.25) is 4.79 Å². The lowest BCUT2D eigenvalue weighted by Gasteiger charge is -2.25. The Labute approximate surface area is 184 Å². The number of rotatable bonds is 7. The van der Waals surface area contributed by atoms with Crippen LogP contribution in [0.25, 0.3) is 10.6 Å². The number of ether oxygens (including phenoxy) is 2. The van der Waals surface area contributed by atoms with E-state index in [1.54, 1.807) is 17.4 Å². The smallest absolute Gasteiger partial charge is 0.273 e. The van der Waals surface area contributed by atoms with Crippen LogP contribution >= 0.6 is 11.3 Å². The number of carbonyl (C=O) groups excluding carboxylic acids is 1. The van der Waals surface area contributed by atoms with Gasteiger partial charge in [0.15, 0.2) is 23.0 Å². The highest BCUT2D eigenvalue weighted by Crippen LogP contribution is 2.31. The van der Waals surface area contributed by atoms with Crippen LogP contribution < -0.4 is 14.8 Å². The first-order chi connectivity index (χ1) is 15.2. The maximum atomic E-state index is 12.9. The van der Waals surface area contributed by atoms with Gasteiger partial charge in [-0.25, -0.2) is 0 Å². The monoisotopic (exact) mass is 439 g/mol. The molecule has 31 heavy (non-hydrogen) atoms. The third-order valence-electron chi connectivity index (χ3n) is 5.61. The third-order valence-corrected chi connectivity index (χ3v) is 6.49. The molecule has 0 spiro atoms. The molecule has 3 aromatic rings. The molecule has 0 aliphatic carbocycles. The molecule has 1 amide bonds. The molecule has 2 aliphatic heterocycles. The first-order valence-electron chi connectivity index (χ1n) is 10.7. The maximum absolute atomic E-state index is 12.9. The predicted octanol–water partition coefficient (Wildman–Crippen LogP) is 3.61. The second-order valence-corrected chi connectivity index (χ2v) is 8.86. The highest BCUT2D eigenvalue weighted by atomic mass is 32.1. The lowest BCUT2D eigenvalue weighted by Crippen LogP contribution is -2.44. The van der Waals surface area contributed by atoms with Crippen molar-refractivity contribution in [3.8, 4) is 22.1 Å². The molecule has 0 bridgehead atoms. The fraction of sp³-hybridized carbons (Fsp3) is 0.391. The highest BCUT2D eigenvalue weighted by molar-refractivity contribution is 7.13. The van der Waals surface area contributed by atoms with Crippen LogP contribution in [0.3, 0.4) is 0 Å². The number of likely N-dealkylation sites (tertiary alicyclic amines) is 1. The largest absolute Gasteiger partial charge is 0.486 e. The van der Waals surface area contributed by atoms with Gasteiger partial charge >= 0.3 is 0 Å². The molecule has 0 radical (unpaired) electrons. The number of thiophene rings is 1. The fourth-order valence-electron chi connectivity index (χ4n) is 4.11. The summed E-state index contributed by atoms with van der Waals surface area (Å²) in [6.45, 7) is 4.07. The Bertz CT molecular complexity index is 1030. The number of benzene rings is 1. The number of nitrogens with zero attached hydrogens (tertiary/aromatic N) is 2. The van der Waals surface area contributed by atoms with E-state index in [9.17, 15) is 4.79 Å². The van der Waals surface area contributed by atoms with Crippen molar-refractivity contribution in [3.05, 3.63) is 53.0 Å². The third kappa shape index (κ3) is 4.75. The molecule has 8 heteroatoms. The van der Waals surface area contributed by atoms with Crippen LogP contribution in [-0.2, 0) is 6.42 Å². The second kappa shape index (κ2) is 9.11. The molecule has 162 valence electrons. The molecule has 1 fully saturated rings. The molecule has 1 saturated heterocycles. The minimum Gasteiger partial charge on any atom is -0.486 e. The van der Waals surface area contributed by atoms with Crippen LogP contribution in [0.5, 0.6) is 11.5 Å². The summed E-state index contributed by atoms with van der Waals surface area (Å²) in [6.07, 6.45) is 3.12. The number of carbonyl (C=O) groups is 1. The average Bonchev–Trinajstić information content (AvgIpc) is 3.55. The Balaban J connectivity index is 1.30. The maximum Gasteiger partial charge on any atom is 0.273 e. The number of hydrogen-bond acceptors (Lipinski definition) is 7. The molecule has 0 saturated carbocycles. The van der Waals surface area contributed by atoms with E-state index < -0.39 is 0 Å². The SMILES string of the molecule is O=C(NC(Cc1ccc2c(c1)OCCO2)CN1CCCC1)c1cc(-c2cccs2)on1. The first kappa shape index (κ1) is 20.1. The summed E-state index contributed by atoms with van der Waals surface area (Å²) >= 11 is 1.56. The zero-order chi connectivity index (χ0) is 21.0. The molecular formula is C23H25N3O4S. The molecule has 2 aromatic heterocycles. The quantitative estimate of drug-likeness (QED) is 0.606. The van der Waals surface area contributed by atoms with Gasteiger partial charge in [0.1, 0.15) is 13.2 Å². The van der Waals surface area contributed by atoms with Gasteiger partial charge in [0.05, 0.1) is 4.88 Å². The van der Waals surface area contributed by atoms with Crippen molar-refractivity contribution in [2.75, 3.05) is 32.8 Å². The van der Waals surface area contributed by atoms with Crippen molar-refractivity contribution in [1.82, 2.24) is 15.4 Å². The van der Waals surface area contributed by atoms with E-state index in [-0.39, 0.29) is 11.9 Å². The number of hydrogen-bond donors (Lipinski definition) is 1. The number of fused-ring (bicyclic) bond motifs is 1. The second-order valence-electron chi connectivity index (χ2n) is 7.91. The molecule has 1 N–H and O–H groups in total. The van der Waals surface area contributed by atoms with E-state index in [0.717, 1.165) is 41.6 Å². The Morgan fingerprint density at radius 3 is 2.77 bits per heavy atom. The standard InChI is InChI=1S/C23H25N3O4S/c27-23(18-14-21(30-25-18)22-4-3-11-31-22)24-17(15-26-7-1-2-8-26)12-16-5-6-19-20(13-16)29-10-9-28-19/h3-6,11,13-14,17H,1-2,7-10,12,15H2,(H,24,27). The van der Waals surface area contributed by atoms with Gasteiger partial charge in [-0.15, -0.1) is 11.3 Å². The van der Waals surface area contributed by atoms with Gasteiger partial charge in [-0.1, -0.05) is 17.3 Å². The Kier molecular flexibility index (Phi) is 5.90. The zero-order valence-corrected chi connectivity index (χ0v) is 18.0. The fourth-order valence-corrected chi connectivity index (χ4v) is 4.79. The summed E-state index contributed by atoms with van der Waals surface area (Å²) in [6, 6.07) is 11.6. The summed E-state index contributed by atoms with van der Waals surface area (Å²) in [7, 11) is 0. The van der Waals surface area contributed by atoms with Crippen molar-refractivity contribution in [2.24, 2.45) is 0 Å². The molecule has 2 aliphatic rings. The molecule has 1 aromatic carbocycles. The van der Waals surface area contributed by atoms with Gasteiger partial charge in [0.25, 0.3) is 5.91 Å². The number of aromatic nitrogens is 1. The zero-order valence-electron chi connectivity index (χ0n) is 17.2. The molecule has 1 unspecified atom stereocenters. The number of amides is 1. The van der Waals surface area contributed by atoms with Crippen molar-refractivity contribution >= 4 is 17.2 Å². The van der Waals surface area contributed by atoms with E-state index in [4.69, 9.17) is 14.0 Å². The average molecular weight is 440 g/mol. The van der Waals surface area contributed by atoms with Gasteiger partial charge < -0.3 is 24.2 Å². The van der Waals surface area contributed by atoms with Crippen LogP contribution in [0.15, 0.2) is 46.3 Å². The van der Waals surface area contributed by atoms with E-state index in [1.165, 1.54) is 12.8 Å². The minimum absolute atomic E-state index is 0.0463. The van der Waals surface area contributed by atoms with Gasteiger partial charge in [-0.05, 0) is 61.5 Å². The number of nitrogens with one attached hydrogen (secondary N) is 1. The molecule has 4 heterocycles. The van der Waals surface area contributed by atoms with Crippen molar-refractivity contribution < 1.29 is 18.8 Å². The topological polar surface area (TPSA) is 76.8 Å². The van der Waals surface area contributed by atoms with Crippen LogP contribution in [0, 0.1) is 0 Å². The van der Waals surface area contributed by atoms with E-state index in [0.29, 0.717) is 31.1 Å². The van der Waals surface area contributed by atoms with Crippen LogP contribution in [0.2, 0.25) is 0 Å². The highest BCUT2D eigenvalue weighted by Gasteiger charge is 2.23. The lowest BCUT2D eigenvalue weighted by atomic mass is 10.0. The predicted molar refractivity (Wildman–Crippen MR) is 118 cm³/mol. The van der Waals surface area contributed by atoms with Gasteiger partial charge in [-0.2, -0.15) is 0 Å². The van der Waals surface area contributed by atoms with Gasteiger partial charge in [0, 0.05) is 18.7 Å². The molecule has 5 rings (SSSR count). The molecule has 7 nitrogen and oxygen atoms in total. The van der Waals surface area contributed by atoms with Crippen LogP contribution in [-0.4, -0.2) is 54.9 Å². The molecule has 1 atom stereocenters. The van der Waals surface area contributed by atoms with Gasteiger partial charge in [0.2, 0.25) is 0 Å². The van der Waals surface area contributed by atoms with E-state index >= 15 is 0 Å². The summed E-state index contributed by atoms with van der Waals surface area (Å²) < 4.78 is 16.7. The first-order valence-corrected chi connectivity index (χ1v) is 11.5. The lowest BCUT2D eigenvalue weighted by molar-refractivity contribution is 0.0918. The summed E-state index contributed by atoms with van der Waals surface area (Å²) in [4.78, 5) is 16.3. The Hall–Kier alpha value is -2.84. The van der Waals surface area contributed by atoms with Crippen LogP contribution in [0.4, 0.5) is 0 Å². The van der Waals surface area contributed by atoms with Crippen molar-refractivity contribution in [2.45, 2.75) is 25.3 Å². The minimum atomic E-state index is -0.215. The van der Waals surface area contributed by atoms with Crippen molar-refractivity contribution in [1.29, 1.82) is 0 Å². The van der Waals surface area contributed by atoms with E-state index in [1.807, 2.05) is 35.7 Å². The van der Waals surface area contributed by atoms with Crippen molar-refractivity contribution in [3.63, 3.8) is 0 Å².